The van der Waals surface area contributed by atoms with Crippen molar-refractivity contribution in [3.63, 3.8) is 0 Å². The zero-order valence-corrected chi connectivity index (χ0v) is 87.7. The van der Waals surface area contributed by atoms with Gasteiger partial charge in [0.1, 0.15) is 100.0 Å². The number of Topliss-reactive ketones (excluding diaryl/α,β-unsaturated/α-hetero) is 17. The molecule has 0 aliphatic rings. The Morgan fingerprint density at radius 2 is 0.374 bits per heavy atom. The Kier molecular flexibility index (Phi) is 397. The molecule has 0 atom stereocenters. The van der Waals surface area contributed by atoms with Crippen molar-refractivity contribution in [2.75, 3.05) is 183 Å². The number of ether oxygens (including phenoxy) is 7. The first-order chi connectivity index (χ1) is 57.1. The lowest BCUT2D eigenvalue weighted by Gasteiger charge is -1.92. The maximum Gasteiger partial charge on any atom is 0.155 e. The Bertz CT molecular complexity index is 1940. The van der Waals surface area contributed by atoms with Gasteiger partial charge in [0.05, 0.1) is 19.0 Å². The SMILES string of the molecule is C.C.C.C.C.C.C.C.C.C.C.C.C.C.C.C.C.CCCC(C)=O.CCCCCC(C)=O.CCCCCC(C)=O.CNCCC(C)=O.CNCCC(C)=O.COCC(C)=O.COCC(C)=O.COCCC(C)=O.COCCC(C)=O.COCCCC(C)=O.COCCCC(C)=O.COCCCC(C)=O.CSCC(C)=O.CSCCC(C)=O.CSCCC(C)=O.CSCCCC(C)=O.CSCCCC(C)=O. The molecule has 31 heteroatoms. The van der Waals surface area contributed by atoms with Crippen molar-refractivity contribution in [3.8, 4) is 0 Å². The summed E-state index contributed by atoms with van der Waals surface area (Å²) < 4.78 is 32.4. The minimum absolute atomic E-state index is 0. The summed E-state index contributed by atoms with van der Waals surface area (Å²) in [6, 6.07) is 0. The quantitative estimate of drug-likeness (QED) is 0.0534. The van der Waals surface area contributed by atoms with Gasteiger partial charge in [-0.15, -0.1) is 0 Å². The number of ketones is 17. The Morgan fingerprint density at radius 3 is 0.460 bits per heavy atom. The minimum Gasteiger partial charge on any atom is -0.385 e. The molecule has 0 bridgehead atoms. The Labute approximate surface area is 891 Å². The summed E-state index contributed by atoms with van der Waals surface area (Å²) in [4.78, 5) is 173. The second-order valence-electron chi connectivity index (χ2n) is 27.1. The standard InChI is InChI=1S/2C7H14O.3C6H12O2.2C6H12OS.2C5H11NO.2C5H10O2.2C5H10OS.C5H10O.2C4H8O2.C4H8OS.17CH4/c2*1-3-4-5-6-7(2)8;5*1-6(7)4-3-5-8-2;2*1-5(7)3-4-6-2;4*1-5(6)3-4-7-2;1-3-4-5(2)6;3*1-4(5)3-6-2;;;;;;;;;;;;;;;;;/h2*3-6H2,1-2H3;5*3-5H2,1-2H3;2*6H,3-4H2,1-2H3;4*3-4H2,1-2H3;3-4H2,1-2H3;3*3H2,1-2H3;17*1H4. The molecular formula is C108H252N2O24S5. The smallest absolute Gasteiger partial charge is 0.155 e. The Morgan fingerprint density at radius 1 is 0.187 bits per heavy atom. The average Bonchev–Trinajstić information content (AvgIpc) is 1.14. The fourth-order valence-corrected chi connectivity index (χ4v) is 8.38. The molecule has 0 aliphatic carbocycles. The summed E-state index contributed by atoms with van der Waals surface area (Å²) in [5, 5.41) is 5.76. The van der Waals surface area contributed by atoms with Crippen LogP contribution < -0.4 is 10.6 Å². The van der Waals surface area contributed by atoms with E-state index in [9.17, 15) is 81.5 Å². The first-order valence-corrected chi connectivity index (χ1v) is 48.6. The summed E-state index contributed by atoms with van der Waals surface area (Å²) in [5.41, 5.74) is 0. The Balaban J connectivity index is -0.0000000262. The molecule has 0 aliphatic heterocycles. The van der Waals surface area contributed by atoms with E-state index in [-0.39, 0.29) is 215 Å². The fraction of sp³-hybridized carbons (Fsp3) is 0.843. The maximum atomic E-state index is 10.3. The van der Waals surface area contributed by atoms with Gasteiger partial charge in [-0.2, -0.15) is 58.8 Å². The summed E-state index contributed by atoms with van der Waals surface area (Å²) >= 11 is 8.56. The van der Waals surface area contributed by atoms with Gasteiger partial charge < -0.3 is 82.1 Å². The summed E-state index contributed by atoms with van der Waals surface area (Å²) in [5.74, 6) is 8.87. The highest BCUT2D eigenvalue weighted by molar-refractivity contribution is 7.99. The predicted octanol–water partition coefficient (Wildman–Crippen LogP) is 28.6. The van der Waals surface area contributed by atoms with Crippen LogP contribution in [0.25, 0.3) is 0 Å². The van der Waals surface area contributed by atoms with Gasteiger partial charge in [0.2, 0.25) is 0 Å². The molecule has 0 rings (SSSR count). The predicted molar refractivity (Wildman–Crippen MR) is 636 cm³/mol. The number of carbonyl (C=O) groups excluding carboxylic acids is 17. The van der Waals surface area contributed by atoms with Gasteiger partial charge in [-0.1, -0.05) is 173 Å². The summed E-state index contributed by atoms with van der Waals surface area (Å²) in [6.45, 7) is 38.6. The van der Waals surface area contributed by atoms with Gasteiger partial charge in [-0.05, 0) is 237 Å². The van der Waals surface area contributed by atoms with Crippen LogP contribution in [0.4, 0.5) is 0 Å². The molecule has 0 aromatic heterocycles. The number of hydrogen-bond donors (Lipinski definition) is 2. The van der Waals surface area contributed by atoms with Crippen molar-refractivity contribution >= 4 is 157 Å². The minimum atomic E-state index is 0. The topological polar surface area (TPSA) is 379 Å². The summed E-state index contributed by atoms with van der Waals surface area (Å²) in [6.07, 6.45) is 32.1. The van der Waals surface area contributed by atoms with Crippen molar-refractivity contribution < 1.29 is 115 Å². The van der Waals surface area contributed by atoms with E-state index in [4.69, 9.17) is 14.2 Å². The van der Waals surface area contributed by atoms with Gasteiger partial charge in [0.25, 0.3) is 0 Å². The maximum absolute atomic E-state index is 10.3. The van der Waals surface area contributed by atoms with Crippen molar-refractivity contribution in [1.29, 1.82) is 0 Å². The van der Waals surface area contributed by atoms with Crippen molar-refractivity contribution in [1.82, 2.24) is 10.6 Å². The molecule has 0 saturated heterocycles. The highest BCUT2D eigenvalue weighted by Gasteiger charge is 1.98. The zero-order chi connectivity index (χ0) is 99.0. The fourth-order valence-electron chi connectivity index (χ4n) is 6.12. The van der Waals surface area contributed by atoms with E-state index in [1.807, 2.05) is 39.8 Å². The monoisotopic (exact) mass is 2120 g/mol. The molecule has 26 nitrogen and oxygen atoms in total. The van der Waals surface area contributed by atoms with Gasteiger partial charge in [0, 0.05) is 173 Å². The first-order valence-electron chi connectivity index (χ1n) is 41.7. The first kappa shape index (κ1) is 237. The third-order valence-corrected chi connectivity index (χ3v) is 15.7. The molecule has 0 spiro atoms. The van der Waals surface area contributed by atoms with Gasteiger partial charge >= 0.3 is 0 Å². The zero-order valence-electron chi connectivity index (χ0n) is 83.6. The van der Waals surface area contributed by atoms with Gasteiger partial charge in [-0.25, -0.2) is 0 Å². The molecule has 0 unspecified atom stereocenters. The number of unbranched alkanes of at least 4 members (excludes halogenated alkanes) is 4. The molecule has 0 radical (unpaired) electrons. The van der Waals surface area contributed by atoms with Crippen LogP contribution >= 0.6 is 58.8 Å². The van der Waals surface area contributed by atoms with Crippen LogP contribution in [0.15, 0.2) is 0 Å². The van der Waals surface area contributed by atoms with E-state index in [2.05, 4.69) is 55.9 Å². The molecule has 868 valence electrons. The number of methoxy groups -OCH3 is 7. The van der Waals surface area contributed by atoms with Crippen molar-refractivity contribution in [2.45, 2.75) is 432 Å². The van der Waals surface area contributed by atoms with Crippen LogP contribution in [0.3, 0.4) is 0 Å². The number of hydrogen-bond acceptors (Lipinski definition) is 31. The second-order valence-corrected chi connectivity index (χ2v) is 31.9. The molecule has 0 amide bonds. The van der Waals surface area contributed by atoms with Crippen molar-refractivity contribution in [2.24, 2.45) is 0 Å². The molecule has 0 fully saturated rings. The molecule has 139 heavy (non-hydrogen) atoms. The molecule has 0 heterocycles. The van der Waals surface area contributed by atoms with Crippen LogP contribution in [0.2, 0.25) is 0 Å². The third kappa shape index (κ3) is 521. The van der Waals surface area contributed by atoms with Crippen LogP contribution in [0.5, 0.6) is 0 Å². The lowest BCUT2D eigenvalue weighted by molar-refractivity contribution is -0.121. The van der Waals surface area contributed by atoms with E-state index in [0.29, 0.717) is 107 Å². The highest BCUT2D eigenvalue weighted by Crippen LogP contribution is 2.02. The number of carbonyl (C=O) groups is 17. The highest BCUT2D eigenvalue weighted by atomic mass is 32.2. The van der Waals surface area contributed by atoms with E-state index in [0.717, 1.165) is 132 Å². The molecule has 2 N–H and O–H groups in total. The van der Waals surface area contributed by atoms with Gasteiger partial charge in [0.15, 0.2) is 11.6 Å². The lowest BCUT2D eigenvalue weighted by Crippen LogP contribution is -2.10. The van der Waals surface area contributed by atoms with E-state index in [1.165, 1.54) is 53.8 Å². The number of thioether (sulfide) groups is 5. The Hall–Kier alpha value is -4.22. The van der Waals surface area contributed by atoms with Gasteiger partial charge in [-0.3, -0.25) is 43.2 Å². The average molecular weight is 2120 g/mol. The van der Waals surface area contributed by atoms with Crippen LogP contribution in [-0.4, -0.2) is 282 Å². The summed E-state index contributed by atoms with van der Waals surface area (Å²) in [7, 11) is 14.8. The largest absolute Gasteiger partial charge is 0.385 e. The molecule has 0 saturated carbocycles. The van der Waals surface area contributed by atoms with E-state index in [1.54, 1.807) is 198 Å². The molecular weight excluding hydrogens is 1870 g/mol. The van der Waals surface area contributed by atoms with Crippen LogP contribution in [-0.2, 0) is 115 Å². The third-order valence-electron chi connectivity index (χ3n) is 12.4. The molecule has 0 aromatic rings. The van der Waals surface area contributed by atoms with Crippen LogP contribution in [0, 0.1) is 0 Å². The van der Waals surface area contributed by atoms with E-state index < -0.39 is 0 Å². The second kappa shape index (κ2) is 232. The molecule has 0 aromatic carbocycles. The van der Waals surface area contributed by atoms with Crippen molar-refractivity contribution in [3.05, 3.63) is 0 Å². The van der Waals surface area contributed by atoms with Crippen LogP contribution in [0.1, 0.15) is 432 Å². The number of rotatable bonds is 54. The lowest BCUT2D eigenvalue weighted by atomic mass is 10.2. The number of nitrogens with one attached hydrogen (secondary N) is 2. The van der Waals surface area contributed by atoms with E-state index >= 15 is 0 Å². The normalized spacial score (nSPS) is 7.84.